The highest BCUT2D eigenvalue weighted by Crippen LogP contribution is 2.23. The minimum Gasteiger partial charge on any atom is -0.481 e. The van der Waals surface area contributed by atoms with E-state index in [-0.39, 0.29) is 18.9 Å². The number of aliphatic carboxylic acids is 1. The van der Waals surface area contributed by atoms with Gasteiger partial charge in [0.25, 0.3) is 0 Å². The van der Waals surface area contributed by atoms with Crippen LogP contribution in [0.15, 0.2) is 28.2 Å². The van der Waals surface area contributed by atoms with Crippen LogP contribution in [0.4, 0.5) is 0 Å². The van der Waals surface area contributed by atoms with Crippen molar-refractivity contribution in [2.75, 3.05) is 6.54 Å². The molecule has 0 aliphatic heterocycles. The molecule has 1 unspecified atom stereocenters. The van der Waals surface area contributed by atoms with E-state index in [0.717, 1.165) is 4.88 Å². The van der Waals surface area contributed by atoms with E-state index in [1.165, 1.54) is 24.5 Å². The molecule has 0 aliphatic rings. The quantitative estimate of drug-likeness (QED) is 0.847. The van der Waals surface area contributed by atoms with Crippen LogP contribution in [0.3, 0.4) is 0 Å². The topological polar surface area (TPSA) is 92.4 Å². The molecular weight excluding hydrogens is 280 g/mol. The summed E-state index contributed by atoms with van der Waals surface area (Å²) in [5.74, 6) is -1.34. The van der Waals surface area contributed by atoms with Crippen LogP contribution in [0, 0.1) is 5.92 Å². The summed E-state index contributed by atoms with van der Waals surface area (Å²) < 4.78 is 5.30. The van der Waals surface area contributed by atoms with E-state index >= 15 is 0 Å². The van der Waals surface area contributed by atoms with E-state index in [0.29, 0.717) is 11.6 Å². The molecule has 0 aliphatic carbocycles. The van der Waals surface area contributed by atoms with Gasteiger partial charge >= 0.3 is 5.97 Å². The number of oxazole rings is 1. The Balaban J connectivity index is 1.87. The number of nitrogens with one attached hydrogen (secondary N) is 1. The maximum Gasteiger partial charge on any atom is 0.308 e. The van der Waals surface area contributed by atoms with Crippen LogP contribution in [-0.4, -0.2) is 28.5 Å². The Morgan fingerprint density at radius 1 is 1.55 bits per heavy atom. The standard InChI is InChI=1S/C13H14N2O4S/c1-8(13(17)18)6-14-11(16)5-9-7-19-12(15-9)10-3-2-4-20-10/h2-4,7-8H,5-6H2,1H3,(H,14,16)(H,17,18). The molecule has 0 aromatic carbocycles. The van der Waals surface area contributed by atoms with Gasteiger partial charge in [-0.3, -0.25) is 9.59 Å². The maximum absolute atomic E-state index is 11.7. The molecule has 7 heteroatoms. The number of hydrogen-bond acceptors (Lipinski definition) is 5. The van der Waals surface area contributed by atoms with Crippen LogP contribution in [0.5, 0.6) is 0 Å². The number of carboxylic acid groups (broad SMARTS) is 1. The third-order valence-corrected chi connectivity index (χ3v) is 3.51. The average molecular weight is 294 g/mol. The number of aromatic nitrogens is 1. The van der Waals surface area contributed by atoms with Gasteiger partial charge in [0.15, 0.2) is 0 Å². The zero-order chi connectivity index (χ0) is 14.5. The molecule has 0 saturated carbocycles. The van der Waals surface area contributed by atoms with Crippen LogP contribution in [0.25, 0.3) is 10.8 Å². The Labute approximate surface area is 119 Å². The summed E-state index contributed by atoms with van der Waals surface area (Å²) >= 11 is 1.50. The van der Waals surface area contributed by atoms with Crippen molar-refractivity contribution in [1.82, 2.24) is 10.3 Å². The molecule has 0 radical (unpaired) electrons. The first-order valence-corrected chi connectivity index (χ1v) is 6.92. The molecule has 20 heavy (non-hydrogen) atoms. The molecule has 0 bridgehead atoms. The predicted octanol–water partition coefficient (Wildman–Crippen LogP) is 1.78. The molecule has 2 aromatic rings. The highest BCUT2D eigenvalue weighted by molar-refractivity contribution is 7.13. The second-order valence-electron chi connectivity index (χ2n) is 4.34. The summed E-state index contributed by atoms with van der Waals surface area (Å²) in [5.41, 5.74) is 0.522. The Morgan fingerprint density at radius 3 is 3.00 bits per heavy atom. The van der Waals surface area contributed by atoms with Crippen LogP contribution >= 0.6 is 11.3 Å². The molecule has 2 aromatic heterocycles. The highest BCUT2D eigenvalue weighted by atomic mass is 32.1. The summed E-state index contributed by atoms with van der Waals surface area (Å²) in [6, 6.07) is 3.78. The largest absolute Gasteiger partial charge is 0.481 e. The number of hydrogen-bond donors (Lipinski definition) is 2. The minimum absolute atomic E-state index is 0.0706. The van der Waals surface area contributed by atoms with E-state index in [1.807, 2.05) is 17.5 Å². The second-order valence-corrected chi connectivity index (χ2v) is 5.29. The van der Waals surface area contributed by atoms with E-state index in [1.54, 1.807) is 0 Å². The minimum atomic E-state index is -0.938. The molecule has 0 spiro atoms. The maximum atomic E-state index is 11.7. The number of carbonyl (C=O) groups excluding carboxylic acids is 1. The molecule has 2 heterocycles. The number of nitrogens with zero attached hydrogens (tertiary/aromatic N) is 1. The first-order valence-electron chi connectivity index (χ1n) is 6.04. The van der Waals surface area contributed by atoms with Crippen molar-refractivity contribution in [2.45, 2.75) is 13.3 Å². The van der Waals surface area contributed by atoms with Crippen molar-refractivity contribution in [1.29, 1.82) is 0 Å². The fraction of sp³-hybridized carbons (Fsp3) is 0.308. The zero-order valence-electron chi connectivity index (χ0n) is 10.8. The van der Waals surface area contributed by atoms with E-state index in [2.05, 4.69) is 10.3 Å². The molecular formula is C13H14N2O4S. The molecule has 2 N–H and O–H groups in total. The van der Waals surface area contributed by atoms with Gasteiger partial charge in [-0.25, -0.2) is 4.98 Å². The van der Waals surface area contributed by atoms with Gasteiger partial charge in [0.2, 0.25) is 11.8 Å². The Morgan fingerprint density at radius 2 is 2.35 bits per heavy atom. The lowest BCUT2D eigenvalue weighted by atomic mass is 10.2. The van der Waals surface area contributed by atoms with Gasteiger partial charge in [0.1, 0.15) is 6.26 Å². The van der Waals surface area contributed by atoms with Crippen molar-refractivity contribution in [2.24, 2.45) is 5.92 Å². The molecule has 1 atom stereocenters. The average Bonchev–Trinajstić information content (AvgIpc) is 3.05. The normalized spacial score (nSPS) is 12.1. The monoisotopic (exact) mass is 294 g/mol. The third kappa shape index (κ3) is 3.67. The van der Waals surface area contributed by atoms with Gasteiger partial charge in [-0.2, -0.15) is 0 Å². The van der Waals surface area contributed by atoms with Gasteiger partial charge in [0.05, 0.1) is 22.9 Å². The van der Waals surface area contributed by atoms with Crippen LogP contribution < -0.4 is 5.32 Å². The smallest absolute Gasteiger partial charge is 0.308 e. The lowest BCUT2D eigenvalue weighted by molar-refractivity contribution is -0.141. The van der Waals surface area contributed by atoms with Crippen molar-refractivity contribution >= 4 is 23.2 Å². The Hall–Kier alpha value is -2.15. The third-order valence-electron chi connectivity index (χ3n) is 2.65. The summed E-state index contributed by atoms with van der Waals surface area (Å²) in [7, 11) is 0. The van der Waals surface area contributed by atoms with Crippen molar-refractivity contribution in [3.63, 3.8) is 0 Å². The van der Waals surface area contributed by atoms with Crippen molar-refractivity contribution < 1.29 is 19.1 Å². The van der Waals surface area contributed by atoms with E-state index in [9.17, 15) is 9.59 Å². The molecule has 106 valence electrons. The summed E-state index contributed by atoms with van der Waals surface area (Å²) in [6.45, 7) is 1.64. The van der Waals surface area contributed by atoms with Gasteiger partial charge in [-0.1, -0.05) is 13.0 Å². The van der Waals surface area contributed by atoms with E-state index in [4.69, 9.17) is 9.52 Å². The fourth-order valence-electron chi connectivity index (χ4n) is 1.48. The molecule has 0 fully saturated rings. The number of rotatable bonds is 6. The second kappa shape index (κ2) is 6.33. The Kier molecular flexibility index (Phi) is 4.52. The van der Waals surface area contributed by atoms with Gasteiger partial charge in [-0.05, 0) is 11.4 Å². The first-order chi connectivity index (χ1) is 9.56. The molecule has 2 rings (SSSR count). The lowest BCUT2D eigenvalue weighted by Gasteiger charge is -2.07. The van der Waals surface area contributed by atoms with E-state index < -0.39 is 11.9 Å². The Bertz CT molecular complexity index is 591. The molecule has 1 amide bonds. The number of carbonyl (C=O) groups is 2. The number of amides is 1. The first kappa shape index (κ1) is 14.3. The van der Waals surface area contributed by atoms with Crippen LogP contribution in [0.2, 0.25) is 0 Å². The van der Waals surface area contributed by atoms with Crippen molar-refractivity contribution in [3.05, 3.63) is 29.5 Å². The SMILES string of the molecule is CC(CNC(=O)Cc1coc(-c2cccs2)n1)C(=O)O. The van der Waals surface area contributed by atoms with Gasteiger partial charge < -0.3 is 14.8 Å². The zero-order valence-corrected chi connectivity index (χ0v) is 11.6. The summed E-state index contributed by atoms with van der Waals surface area (Å²) in [6.07, 6.45) is 1.51. The lowest BCUT2D eigenvalue weighted by Crippen LogP contribution is -2.32. The highest BCUT2D eigenvalue weighted by Gasteiger charge is 2.14. The predicted molar refractivity (Wildman–Crippen MR) is 73.3 cm³/mol. The summed E-state index contributed by atoms with van der Waals surface area (Å²) in [4.78, 5) is 27.4. The molecule has 0 saturated heterocycles. The number of thiophene rings is 1. The van der Waals surface area contributed by atoms with Gasteiger partial charge in [-0.15, -0.1) is 11.3 Å². The van der Waals surface area contributed by atoms with Crippen LogP contribution in [0.1, 0.15) is 12.6 Å². The van der Waals surface area contributed by atoms with Gasteiger partial charge in [0, 0.05) is 6.54 Å². The molecule has 6 nitrogen and oxygen atoms in total. The summed E-state index contributed by atoms with van der Waals surface area (Å²) in [5, 5.41) is 13.2. The van der Waals surface area contributed by atoms with Crippen molar-refractivity contribution in [3.8, 4) is 10.8 Å². The van der Waals surface area contributed by atoms with Crippen LogP contribution in [-0.2, 0) is 16.0 Å². The number of carboxylic acids is 1. The fourth-order valence-corrected chi connectivity index (χ4v) is 2.14.